The monoisotopic (exact) mass is 692 g/mol. The van der Waals surface area contributed by atoms with Gasteiger partial charge in [0.15, 0.2) is 9.75 Å². The van der Waals surface area contributed by atoms with Gasteiger partial charge in [0.1, 0.15) is 11.6 Å². The lowest BCUT2D eigenvalue weighted by molar-refractivity contribution is -0.142. The highest BCUT2D eigenvalue weighted by Crippen LogP contribution is 2.66. The molecule has 0 aromatic heterocycles. The quantitative estimate of drug-likeness (QED) is 0.254. The first-order valence-corrected chi connectivity index (χ1v) is 15.1. The van der Waals surface area contributed by atoms with Gasteiger partial charge < -0.3 is 10.2 Å². The van der Waals surface area contributed by atoms with Crippen molar-refractivity contribution in [3.05, 3.63) is 70.0 Å². The first-order valence-electron chi connectivity index (χ1n) is 13.6. The zero-order valence-electron chi connectivity index (χ0n) is 22.3. The summed E-state index contributed by atoms with van der Waals surface area (Å²) in [5.74, 6) is -8.24. The van der Waals surface area contributed by atoms with Gasteiger partial charge in [-0.25, -0.2) is 9.29 Å². The highest BCUT2D eigenvalue weighted by molar-refractivity contribution is 9.10. The van der Waals surface area contributed by atoms with Gasteiger partial charge in [0, 0.05) is 28.9 Å². The Hall–Kier alpha value is -3.28. The van der Waals surface area contributed by atoms with Crippen molar-refractivity contribution in [3.63, 3.8) is 0 Å². The standard InChI is InChI=1S/C30H24BrCl2FN2O7/c31-14-3-10-21(37)19(12-14)24-17-8-9-18-23(26(41)35(25(18)40)11-1-2-22(38)39)20(17)13-29(32)27(42)36(28(43)30(24,29)33)16-6-4-15(34)5-7-16/h3-8,10,12,18,20,23-24,37H,1-2,9,11,13H2,(H,38,39)/t18-,20+,23-,24+,29+,30-/m0/s1. The van der Waals surface area contributed by atoms with Crippen LogP contribution in [0.15, 0.2) is 58.6 Å². The fraction of sp³-hybridized carbons (Fsp3) is 0.367. The molecule has 0 bridgehead atoms. The number of hydrogen-bond acceptors (Lipinski definition) is 6. The molecule has 0 radical (unpaired) electrons. The molecule has 43 heavy (non-hydrogen) atoms. The van der Waals surface area contributed by atoms with Crippen molar-refractivity contribution in [2.45, 2.75) is 41.3 Å². The summed E-state index contributed by atoms with van der Waals surface area (Å²) in [4.78, 5) is 64.2. The van der Waals surface area contributed by atoms with Crippen LogP contribution in [-0.2, 0) is 24.0 Å². The minimum absolute atomic E-state index is 0.0506. The number of allylic oxidation sites excluding steroid dienone is 2. The van der Waals surface area contributed by atoms with Crippen LogP contribution in [0.25, 0.3) is 0 Å². The number of phenols is 1. The van der Waals surface area contributed by atoms with Crippen LogP contribution >= 0.6 is 39.1 Å². The molecule has 2 aliphatic heterocycles. The fourth-order valence-corrected chi connectivity index (χ4v) is 8.48. The van der Waals surface area contributed by atoms with E-state index in [1.807, 2.05) is 0 Å². The largest absolute Gasteiger partial charge is 0.508 e. The molecule has 2 aromatic rings. The lowest BCUT2D eigenvalue weighted by Gasteiger charge is -2.50. The Morgan fingerprint density at radius 1 is 1.02 bits per heavy atom. The number of carbonyl (C=O) groups is 5. The van der Waals surface area contributed by atoms with Crippen molar-refractivity contribution >= 4 is 74.4 Å². The van der Waals surface area contributed by atoms with Crippen LogP contribution in [0, 0.1) is 23.6 Å². The number of halogens is 4. The molecule has 9 nitrogen and oxygen atoms in total. The van der Waals surface area contributed by atoms with Gasteiger partial charge in [0.2, 0.25) is 11.8 Å². The van der Waals surface area contributed by atoms with E-state index in [9.17, 15) is 33.5 Å². The fourth-order valence-electron chi connectivity index (χ4n) is 7.17. The number of hydrogen-bond donors (Lipinski definition) is 2. The molecular formula is C30H24BrCl2FN2O7. The maximum Gasteiger partial charge on any atom is 0.303 e. The molecule has 4 amide bonds. The number of imide groups is 2. The molecule has 2 N–H and O–H groups in total. The van der Waals surface area contributed by atoms with Crippen LogP contribution in [0.5, 0.6) is 5.75 Å². The Kier molecular flexibility index (Phi) is 7.21. The second kappa shape index (κ2) is 10.4. The zero-order chi connectivity index (χ0) is 31.0. The lowest BCUT2D eigenvalue weighted by atomic mass is 9.56. The molecular weight excluding hydrogens is 670 g/mol. The van der Waals surface area contributed by atoms with Crippen LogP contribution in [-0.4, -0.2) is 61.0 Å². The number of nitrogens with zero attached hydrogens (tertiary/aromatic N) is 2. The summed E-state index contributed by atoms with van der Waals surface area (Å²) >= 11 is 17.9. The van der Waals surface area contributed by atoms with E-state index in [0.29, 0.717) is 10.0 Å². The minimum atomic E-state index is -2.17. The number of alkyl halides is 2. The van der Waals surface area contributed by atoms with Gasteiger partial charge in [-0.15, -0.1) is 23.2 Å². The second-order valence-corrected chi connectivity index (χ2v) is 13.4. The number of rotatable bonds is 6. The van der Waals surface area contributed by atoms with Gasteiger partial charge in [-0.2, -0.15) is 0 Å². The van der Waals surface area contributed by atoms with Crippen LogP contribution in [0.4, 0.5) is 10.1 Å². The van der Waals surface area contributed by atoms with E-state index in [2.05, 4.69) is 15.9 Å². The molecule has 2 aliphatic carbocycles. The molecule has 2 heterocycles. The van der Waals surface area contributed by atoms with Crippen LogP contribution in [0.3, 0.4) is 0 Å². The smallest absolute Gasteiger partial charge is 0.303 e. The topological polar surface area (TPSA) is 132 Å². The summed E-state index contributed by atoms with van der Waals surface area (Å²) in [5.41, 5.74) is 0.743. The number of likely N-dealkylation sites (tertiary alicyclic amines) is 1. The molecule has 2 saturated heterocycles. The molecule has 3 fully saturated rings. The Labute approximate surface area is 263 Å². The van der Waals surface area contributed by atoms with E-state index in [4.69, 9.17) is 28.3 Å². The summed E-state index contributed by atoms with van der Waals surface area (Å²) in [6.07, 6.45) is 1.46. The minimum Gasteiger partial charge on any atom is -0.508 e. The van der Waals surface area contributed by atoms with Gasteiger partial charge in [-0.05, 0) is 67.6 Å². The third-order valence-electron chi connectivity index (χ3n) is 9.06. The third-order valence-corrected chi connectivity index (χ3v) is 11.0. The highest BCUT2D eigenvalue weighted by Gasteiger charge is 2.76. The molecule has 224 valence electrons. The van der Waals surface area contributed by atoms with E-state index in [1.54, 1.807) is 18.2 Å². The number of fused-ring (bicyclic) bond motifs is 4. The Balaban J connectivity index is 1.50. The SMILES string of the molecule is O=C(O)CCCN1C(=O)[C@H]2[C@H](CC=C3[C@H]2C[C@@]2(Cl)C(=O)N(c4ccc(F)cc4)C(=O)[C@@]2(Cl)[C@H]3c2cc(Br)ccc2O)C1=O. The normalized spacial score (nSPS) is 31.6. The van der Waals surface area contributed by atoms with Crippen LogP contribution in [0.2, 0.25) is 0 Å². The molecule has 2 aromatic carbocycles. The Morgan fingerprint density at radius 3 is 2.40 bits per heavy atom. The third kappa shape index (κ3) is 4.26. The van der Waals surface area contributed by atoms with E-state index in [0.717, 1.165) is 21.9 Å². The summed E-state index contributed by atoms with van der Waals surface area (Å²) in [5, 5.41) is 20.1. The van der Waals surface area contributed by atoms with Crippen molar-refractivity contribution < 1.29 is 38.6 Å². The maximum atomic E-state index is 14.3. The first kappa shape index (κ1) is 29.8. The maximum absolute atomic E-state index is 14.3. The summed E-state index contributed by atoms with van der Waals surface area (Å²) < 4.78 is 14.3. The number of carboxylic acid groups (broad SMARTS) is 1. The highest BCUT2D eigenvalue weighted by atomic mass is 79.9. The molecule has 6 rings (SSSR count). The van der Waals surface area contributed by atoms with Crippen molar-refractivity contribution in [2.75, 3.05) is 11.4 Å². The molecule has 13 heteroatoms. The van der Waals surface area contributed by atoms with E-state index in [1.165, 1.54) is 18.2 Å². The van der Waals surface area contributed by atoms with Crippen molar-refractivity contribution in [1.29, 1.82) is 0 Å². The van der Waals surface area contributed by atoms with Crippen molar-refractivity contribution in [2.24, 2.45) is 17.8 Å². The predicted molar refractivity (Wildman–Crippen MR) is 156 cm³/mol. The molecule has 4 aliphatic rings. The van der Waals surface area contributed by atoms with Crippen molar-refractivity contribution in [1.82, 2.24) is 4.90 Å². The number of carbonyl (C=O) groups excluding carboxylic acids is 4. The van der Waals surface area contributed by atoms with Gasteiger partial charge >= 0.3 is 5.97 Å². The number of benzene rings is 2. The Morgan fingerprint density at radius 2 is 1.72 bits per heavy atom. The van der Waals surface area contributed by atoms with E-state index < -0.39 is 68.8 Å². The summed E-state index contributed by atoms with van der Waals surface area (Å²) in [6, 6.07) is 9.24. The number of aromatic hydroxyl groups is 1. The number of phenolic OH excluding ortho intramolecular Hbond substituents is 1. The second-order valence-electron chi connectivity index (χ2n) is 11.3. The van der Waals surface area contributed by atoms with E-state index >= 15 is 0 Å². The number of amides is 4. The number of carboxylic acids is 1. The molecule has 1 saturated carbocycles. The van der Waals surface area contributed by atoms with Gasteiger partial charge in [0.25, 0.3) is 11.8 Å². The van der Waals surface area contributed by atoms with Crippen molar-refractivity contribution in [3.8, 4) is 5.75 Å². The van der Waals surface area contributed by atoms with Crippen LogP contribution in [0.1, 0.15) is 37.2 Å². The average Bonchev–Trinajstić information content (AvgIpc) is 3.28. The van der Waals surface area contributed by atoms with Gasteiger partial charge in [-0.3, -0.25) is 28.9 Å². The lowest BCUT2D eigenvalue weighted by Crippen LogP contribution is -2.60. The van der Waals surface area contributed by atoms with Gasteiger partial charge in [0.05, 0.1) is 17.5 Å². The zero-order valence-corrected chi connectivity index (χ0v) is 25.4. The van der Waals surface area contributed by atoms with Crippen LogP contribution < -0.4 is 4.90 Å². The van der Waals surface area contributed by atoms with Gasteiger partial charge in [-0.1, -0.05) is 27.6 Å². The number of anilines is 1. The Bertz CT molecular complexity index is 1630. The average molecular weight is 694 g/mol. The molecule has 0 unspecified atom stereocenters. The molecule has 0 spiro atoms. The van der Waals surface area contributed by atoms with E-state index in [-0.39, 0.29) is 49.2 Å². The first-order chi connectivity index (χ1) is 20.3. The molecule has 6 atom stereocenters. The predicted octanol–water partition coefficient (Wildman–Crippen LogP) is 4.72. The summed E-state index contributed by atoms with van der Waals surface area (Å²) in [6.45, 7) is -0.0733. The number of aliphatic carboxylic acids is 1. The summed E-state index contributed by atoms with van der Waals surface area (Å²) in [7, 11) is 0.